The molecule has 5 nitrogen and oxygen atoms in total. The van der Waals surface area contributed by atoms with Gasteiger partial charge in [-0.3, -0.25) is 0 Å². The number of quaternary nitrogens is 1. The molecular weight excluding hydrogens is 280 g/mol. The number of rotatable bonds is 8. The second-order valence-corrected chi connectivity index (χ2v) is 7.01. The molecule has 2 atom stereocenters. The number of hydroxylamine groups is 2. The Morgan fingerprint density at radius 1 is 1.18 bits per heavy atom. The monoisotopic (exact) mass is 310 g/mol. The molecule has 0 aliphatic heterocycles. The average molecular weight is 310 g/mol. The number of hydrogen-bond acceptors (Lipinski definition) is 4. The molecule has 0 heterocycles. The van der Waals surface area contributed by atoms with Crippen LogP contribution in [0.1, 0.15) is 46.6 Å². The van der Waals surface area contributed by atoms with Gasteiger partial charge in [0, 0.05) is 13.5 Å². The quantitative estimate of drug-likeness (QED) is 0.571. The Morgan fingerprint density at radius 2 is 1.77 bits per heavy atom. The van der Waals surface area contributed by atoms with Crippen molar-refractivity contribution in [1.82, 2.24) is 5.32 Å². The zero-order valence-electron chi connectivity index (χ0n) is 14.6. The SMILES string of the molecule is COCNC(CC(C)C)[NH+]([O-])Oc1ccc(C(C)(C)C)cc1. The fourth-order valence-electron chi connectivity index (χ4n) is 2.13. The Morgan fingerprint density at radius 3 is 2.23 bits per heavy atom. The molecule has 5 heteroatoms. The Hall–Kier alpha value is -1.14. The summed E-state index contributed by atoms with van der Waals surface area (Å²) in [6.45, 7) is 10.9. The summed E-state index contributed by atoms with van der Waals surface area (Å²) in [5, 5.41) is 15.1. The van der Waals surface area contributed by atoms with E-state index in [-0.39, 0.29) is 16.8 Å². The first-order chi connectivity index (χ1) is 10.2. The van der Waals surface area contributed by atoms with Crippen molar-refractivity contribution in [3.05, 3.63) is 35.0 Å². The van der Waals surface area contributed by atoms with E-state index in [1.54, 1.807) is 7.11 Å². The van der Waals surface area contributed by atoms with Gasteiger partial charge >= 0.3 is 0 Å². The van der Waals surface area contributed by atoms with Crippen molar-refractivity contribution in [1.29, 1.82) is 0 Å². The highest BCUT2D eigenvalue weighted by Gasteiger charge is 2.19. The predicted octanol–water partition coefficient (Wildman–Crippen LogP) is 2.23. The molecule has 2 N–H and O–H groups in total. The smallest absolute Gasteiger partial charge is 0.190 e. The summed E-state index contributed by atoms with van der Waals surface area (Å²) in [6, 6.07) is 7.70. The third-order valence-electron chi connectivity index (χ3n) is 3.40. The molecule has 0 aliphatic carbocycles. The van der Waals surface area contributed by atoms with E-state index in [2.05, 4.69) is 39.9 Å². The second-order valence-electron chi connectivity index (χ2n) is 7.01. The molecule has 126 valence electrons. The van der Waals surface area contributed by atoms with Crippen LogP contribution in [0.3, 0.4) is 0 Å². The average Bonchev–Trinajstić information content (AvgIpc) is 2.42. The number of ether oxygens (including phenoxy) is 1. The molecule has 0 aromatic heterocycles. The Balaban J connectivity index is 2.69. The van der Waals surface area contributed by atoms with Crippen LogP contribution >= 0.6 is 0 Å². The number of nitrogens with one attached hydrogen (secondary N) is 2. The minimum absolute atomic E-state index is 0.0860. The largest absolute Gasteiger partial charge is 0.590 e. The van der Waals surface area contributed by atoms with Crippen LogP contribution in [-0.2, 0) is 10.2 Å². The molecule has 0 saturated heterocycles. The highest BCUT2D eigenvalue weighted by molar-refractivity contribution is 5.30. The molecule has 1 aromatic carbocycles. The molecule has 0 radical (unpaired) electrons. The maximum atomic E-state index is 12.3. The summed E-state index contributed by atoms with van der Waals surface area (Å²) in [7, 11) is 1.59. The zero-order valence-corrected chi connectivity index (χ0v) is 14.6. The first kappa shape index (κ1) is 18.9. The van der Waals surface area contributed by atoms with Crippen LogP contribution in [0.25, 0.3) is 0 Å². The predicted molar refractivity (Wildman–Crippen MR) is 88.4 cm³/mol. The van der Waals surface area contributed by atoms with Crippen molar-refractivity contribution < 1.29 is 14.8 Å². The fraction of sp³-hybridized carbons (Fsp3) is 0.647. The van der Waals surface area contributed by atoms with Crippen LogP contribution in [-0.4, -0.2) is 20.0 Å². The van der Waals surface area contributed by atoms with Crippen molar-refractivity contribution in [3.8, 4) is 5.75 Å². The van der Waals surface area contributed by atoms with Crippen LogP contribution in [0.5, 0.6) is 5.75 Å². The van der Waals surface area contributed by atoms with E-state index in [4.69, 9.17) is 9.57 Å². The maximum Gasteiger partial charge on any atom is 0.190 e. The molecule has 0 bridgehead atoms. The number of hydrogen-bond donors (Lipinski definition) is 2. The fourth-order valence-corrected chi connectivity index (χ4v) is 2.13. The van der Waals surface area contributed by atoms with Gasteiger partial charge in [0.05, 0.1) is 0 Å². The number of methoxy groups -OCH3 is 1. The van der Waals surface area contributed by atoms with Crippen molar-refractivity contribution in [2.24, 2.45) is 5.92 Å². The van der Waals surface area contributed by atoms with Gasteiger partial charge < -0.3 is 14.8 Å². The number of benzene rings is 1. The molecule has 0 spiro atoms. The van der Waals surface area contributed by atoms with E-state index < -0.39 is 0 Å². The van der Waals surface area contributed by atoms with Gasteiger partial charge in [0.2, 0.25) is 0 Å². The lowest BCUT2D eigenvalue weighted by Crippen LogP contribution is -3.15. The van der Waals surface area contributed by atoms with Gasteiger partial charge in [-0.15, -0.1) is 0 Å². The normalized spacial score (nSPS) is 14.9. The lowest BCUT2D eigenvalue weighted by molar-refractivity contribution is -1.04. The molecule has 1 rings (SSSR count). The minimum Gasteiger partial charge on any atom is -0.590 e. The molecule has 0 aliphatic rings. The van der Waals surface area contributed by atoms with Crippen LogP contribution in [0.4, 0.5) is 0 Å². The van der Waals surface area contributed by atoms with Crippen LogP contribution < -0.4 is 15.4 Å². The van der Waals surface area contributed by atoms with E-state index >= 15 is 0 Å². The summed E-state index contributed by atoms with van der Waals surface area (Å²) in [6.07, 6.45) is 0.352. The van der Waals surface area contributed by atoms with Gasteiger partial charge in [-0.2, -0.15) is 5.23 Å². The third-order valence-corrected chi connectivity index (χ3v) is 3.40. The van der Waals surface area contributed by atoms with Crippen LogP contribution in [0.15, 0.2) is 24.3 Å². The maximum absolute atomic E-state index is 12.3. The van der Waals surface area contributed by atoms with E-state index in [1.165, 1.54) is 5.56 Å². The minimum atomic E-state index is -0.359. The second kappa shape index (κ2) is 8.48. The van der Waals surface area contributed by atoms with Gasteiger partial charge in [0.1, 0.15) is 6.73 Å². The van der Waals surface area contributed by atoms with Gasteiger partial charge in [-0.25, -0.2) is 5.32 Å². The first-order valence-electron chi connectivity index (χ1n) is 7.78. The molecule has 2 unspecified atom stereocenters. The summed E-state index contributed by atoms with van der Waals surface area (Å²) >= 11 is 0. The highest BCUT2D eigenvalue weighted by Crippen LogP contribution is 2.23. The molecule has 1 aromatic rings. The van der Waals surface area contributed by atoms with Crippen LogP contribution in [0.2, 0.25) is 0 Å². The molecule has 0 fully saturated rings. The van der Waals surface area contributed by atoms with Crippen molar-refractivity contribution in [2.75, 3.05) is 13.8 Å². The summed E-state index contributed by atoms with van der Waals surface area (Å²) < 4.78 is 4.99. The zero-order chi connectivity index (χ0) is 16.8. The van der Waals surface area contributed by atoms with E-state index in [0.717, 1.165) is 0 Å². The van der Waals surface area contributed by atoms with Crippen molar-refractivity contribution in [2.45, 2.75) is 52.6 Å². The third kappa shape index (κ3) is 6.32. The summed E-state index contributed by atoms with van der Waals surface area (Å²) in [5.74, 6) is 0.969. The Kier molecular flexibility index (Phi) is 7.29. The topological polar surface area (TPSA) is 58.0 Å². The van der Waals surface area contributed by atoms with Gasteiger partial charge in [0.25, 0.3) is 0 Å². The molecule has 0 amide bonds. The first-order valence-corrected chi connectivity index (χ1v) is 7.78. The highest BCUT2D eigenvalue weighted by atomic mass is 16.9. The van der Waals surface area contributed by atoms with Crippen molar-refractivity contribution >= 4 is 0 Å². The van der Waals surface area contributed by atoms with Gasteiger partial charge in [-0.05, 0) is 29.0 Å². The lowest BCUT2D eigenvalue weighted by atomic mass is 9.87. The van der Waals surface area contributed by atoms with Crippen LogP contribution in [0, 0.1) is 11.1 Å². The Bertz CT molecular complexity index is 427. The standard InChI is InChI=1S/C17H30N2O3/c1-13(2)11-16(18-12-21-6)19(20)22-15-9-7-14(8-10-15)17(3,4)5/h7-10,13,16,18-19H,11-12H2,1-6H3. The molecule has 0 saturated carbocycles. The van der Waals surface area contributed by atoms with Gasteiger partial charge in [0.15, 0.2) is 11.9 Å². The van der Waals surface area contributed by atoms with E-state index in [0.29, 0.717) is 24.8 Å². The molecule has 22 heavy (non-hydrogen) atoms. The van der Waals surface area contributed by atoms with Gasteiger partial charge in [-0.1, -0.05) is 46.8 Å². The van der Waals surface area contributed by atoms with E-state index in [9.17, 15) is 5.21 Å². The van der Waals surface area contributed by atoms with Crippen molar-refractivity contribution in [3.63, 3.8) is 0 Å². The van der Waals surface area contributed by atoms with E-state index in [1.807, 2.05) is 24.3 Å². The summed E-state index contributed by atoms with van der Waals surface area (Å²) in [5.41, 5.74) is 1.30. The summed E-state index contributed by atoms with van der Waals surface area (Å²) in [4.78, 5) is 5.49. The lowest BCUT2D eigenvalue weighted by Gasteiger charge is -2.30. The molecular formula is C17H30N2O3. The Labute approximate surface area is 134 Å².